The molecule has 1 nitrogen and oxygen atoms in total. The van der Waals surface area contributed by atoms with E-state index >= 15 is 0 Å². The molecule has 0 aliphatic heterocycles. The lowest BCUT2D eigenvalue weighted by atomic mass is 10.1. The van der Waals surface area contributed by atoms with Crippen LogP contribution >= 0.6 is 23.2 Å². The molecule has 0 unspecified atom stereocenters. The molecular formula is C9H11Cl2N. The summed E-state index contributed by atoms with van der Waals surface area (Å²) in [6, 6.07) is 5.67. The third-order valence-electron chi connectivity index (χ3n) is 1.68. The van der Waals surface area contributed by atoms with Crippen LogP contribution in [0.15, 0.2) is 18.2 Å². The van der Waals surface area contributed by atoms with E-state index in [0.717, 1.165) is 18.4 Å². The lowest BCUT2D eigenvalue weighted by Gasteiger charge is -2.03. The summed E-state index contributed by atoms with van der Waals surface area (Å²) in [6.45, 7) is 0.683. The van der Waals surface area contributed by atoms with Crippen LogP contribution in [-0.2, 0) is 6.42 Å². The fourth-order valence-electron chi connectivity index (χ4n) is 1.03. The van der Waals surface area contributed by atoms with Crippen LogP contribution in [0.2, 0.25) is 10.0 Å². The van der Waals surface area contributed by atoms with Crippen LogP contribution in [0.5, 0.6) is 0 Å². The van der Waals surface area contributed by atoms with Crippen molar-refractivity contribution in [2.45, 2.75) is 12.8 Å². The molecule has 0 saturated heterocycles. The second-order valence-electron chi connectivity index (χ2n) is 2.61. The maximum Gasteiger partial charge on any atom is 0.0624 e. The van der Waals surface area contributed by atoms with Gasteiger partial charge >= 0.3 is 0 Å². The Bertz CT molecular complexity index is 261. The summed E-state index contributed by atoms with van der Waals surface area (Å²) < 4.78 is 0. The van der Waals surface area contributed by atoms with Gasteiger partial charge in [-0.25, -0.2) is 0 Å². The highest BCUT2D eigenvalue weighted by Gasteiger charge is 2.02. The molecule has 0 heterocycles. The number of halogens is 2. The van der Waals surface area contributed by atoms with E-state index in [1.807, 2.05) is 12.1 Å². The fourth-order valence-corrected chi connectivity index (χ4v) is 1.45. The highest BCUT2D eigenvalue weighted by Crippen LogP contribution is 2.26. The summed E-state index contributed by atoms with van der Waals surface area (Å²) >= 11 is 11.8. The van der Waals surface area contributed by atoms with E-state index in [2.05, 4.69) is 0 Å². The van der Waals surface area contributed by atoms with Gasteiger partial charge in [-0.3, -0.25) is 0 Å². The second-order valence-corrected chi connectivity index (χ2v) is 3.39. The first-order valence-corrected chi connectivity index (χ1v) is 4.64. The third-order valence-corrected chi connectivity index (χ3v) is 2.54. The fraction of sp³-hybridized carbons (Fsp3) is 0.333. The van der Waals surface area contributed by atoms with E-state index < -0.39 is 0 Å². The van der Waals surface area contributed by atoms with Gasteiger partial charge in [0.1, 0.15) is 0 Å². The van der Waals surface area contributed by atoms with Gasteiger partial charge in [0.05, 0.1) is 10.0 Å². The van der Waals surface area contributed by atoms with Gasteiger partial charge in [-0.2, -0.15) is 0 Å². The standard InChI is InChI=1S/C9H11Cl2N/c10-8-5-1-3-7(9(8)11)4-2-6-12/h1,3,5H,2,4,6,12H2. The first-order chi connectivity index (χ1) is 5.75. The van der Waals surface area contributed by atoms with Gasteiger partial charge < -0.3 is 5.73 Å². The van der Waals surface area contributed by atoms with E-state index in [9.17, 15) is 0 Å². The third kappa shape index (κ3) is 2.37. The minimum Gasteiger partial charge on any atom is -0.330 e. The average molecular weight is 204 g/mol. The van der Waals surface area contributed by atoms with Gasteiger partial charge in [0, 0.05) is 0 Å². The van der Waals surface area contributed by atoms with E-state index in [4.69, 9.17) is 28.9 Å². The first-order valence-electron chi connectivity index (χ1n) is 3.88. The highest BCUT2D eigenvalue weighted by molar-refractivity contribution is 6.42. The topological polar surface area (TPSA) is 26.0 Å². The van der Waals surface area contributed by atoms with E-state index in [1.54, 1.807) is 6.07 Å². The van der Waals surface area contributed by atoms with Crippen LogP contribution in [0, 0.1) is 0 Å². The van der Waals surface area contributed by atoms with Crippen LogP contribution in [0.3, 0.4) is 0 Å². The smallest absolute Gasteiger partial charge is 0.0624 e. The summed E-state index contributed by atoms with van der Waals surface area (Å²) in [5.74, 6) is 0. The summed E-state index contributed by atoms with van der Waals surface area (Å²) in [5.41, 5.74) is 6.47. The van der Waals surface area contributed by atoms with Crippen molar-refractivity contribution < 1.29 is 0 Å². The number of rotatable bonds is 3. The molecule has 1 aromatic rings. The molecule has 1 aromatic carbocycles. The van der Waals surface area contributed by atoms with Crippen LogP contribution in [0.1, 0.15) is 12.0 Å². The van der Waals surface area contributed by atoms with Crippen molar-refractivity contribution in [2.24, 2.45) is 5.73 Å². The lowest BCUT2D eigenvalue weighted by molar-refractivity contribution is 0.833. The number of nitrogens with two attached hydrogens (primary N) is 1. The zero-order valence-corrected chi connectivity index (χ0v) is 8.20. The normalized spacial score (nSPS) is 10.2. The Morgan fingerprint density at radius 2 is 2.00 bits per heavy atom. The highest BCUT2D eigenvalue weighted by atomic mass is 35.5. The minimum atomic E-state index is 0.617. The molecule has 3 heteroatoms. The molecule has 0 atom stereocenters. The predicted molar refractivity (Wildman–Crippen MR) is 53.8 cm³/mol. The van der Waals surface area contributed by atoms with Crippen molar-refractivity contribution >= 4 is 23.2 Å². The van der Waals surface area contributed by atoms with Gasteiger partial charge in [-0.15, -0.1) is 0 Å². The molecule has 0 fully saturated rings. The van der Waals surface area contributed by atoms with Crippen molar-refractivity contribution in [2.75, 3.05) is 6.54 Å². The van der Waals surface area contributed by atoms with Crippen molar-refractivity contribution in [3.05, 3.63) is 33.8 Å². The molecule has 0 amide bonds. The summed E-state index contributed by atoms with van der Waals surface area (Å²) in [5, 5.41) is 1.28. The van der Waals surface area contributed by atoms with E-state index in [-0.39, 0.29) is 0 Å². The molecule has 12 heavy (non-hydrogen) atoms. The van der Waals surface area contributed by atoms with Gasteiger partial charge in [-0.1, -0.05) is 35.3 Å². The second kappa shape index (κ2) is 4.70. The lowest BCUT2D eigenvalue weighted by Crippen LogP contribution is -2.00. The molecule has 2 N–H and O–H groups in total. The summed E-state index contributed by atoms with van der Waals surface area (Å²) in [4.78, 5) is 0. The zero-order valence-electron chi connectivity index (χ0n) is 6.69. The van der Waals surface area contributed by atoms with Crippen molar-refractivity contribution in [3.8, 4) is 0 Å². The SMILES string of the molecule is NCCCc1cccc(Cl)c1Cl. The Balaban J connectivity index is 2.78. The van der Waals surface area contributed by atoms with Crippen LogP contribution in [0.4, 0.5) is 0 Å². The molecular weight excluding hydrogens is 193 g/mol. The van der Waals surface area contributed by atoms with Gasteiger partial charge in [0.15, 0.2) is 0 Å². The summed E-state index contributed by atoms with van der Waals surface area (Å²) in [7, 11) is 0. The molecule has 0 aliphatic carbocycles. The maximum atomic E-state index is 5.96. The zero-order chi connectivity index (χ0) is 8.97. The van der Waals surface area contributed by atoms with Crippen molar-refractivity contribution in [1.82, 2.24) is 0 Å². The van der Waals surface area contributed by atoms with Crippen molar-refractivity contribution in [3.63, 3.8) is 0 Å². The molecule has 1 rings (SSSR count). The van der Waals surface area contributed by atoms with Crippen LogP contribution in [0.25, 0.3) is 0 Å². The van der Waals surface area contributed by atoms with Crippen molar-refractivity contribution in [1.29, 1.82) is 0 Å². The largest absolute Gasteiger partial charge is 0.330 e. The number of hydrogen-bond donors (Lipinski definition) is 1. The summed E-state index contributed by atoms with van der Waals surface area (Å²) in [6.07, 6.45) is 1.84. The number of hydrogen-bond acceptors (Lipinski definition) is 1. The quantitative estimate of drug-likeness (QED) is 0.804. The minimum absolute atomic E-state index is 0.617. The van der Waals surface area contributed by atoms with Gasteiger partial charge in [0.25, 0.3) is 0 Å². The Labute approximate surface area is 82.5 Å². The molecule has 0 aromatic heterocycles. The average Bonchev–Trinajstić information content (AvgIpc) is 2.08. The first kappa shape index (κ1) is 9.85. The molecule has 66 valence electrons. The van der Waals surface area contributed by atoms with E-state index in [1.165, 1.54) is 0 Å². The predicted octanol–water partition coefficient (Wildman–Crippen LogP) is 2.88. The van der Waals surface area contributed by atoms with Crippen LogP contribution in [-0.4, -0.2) is 6.54 Å². The van der Waals surface area contributed by atoms with Crippen LogP contribution < -0.4 is 5.73 Å². The Morgan fingerprint density at radius 1 is 1.25 bits per heavy atom. The molecule has 0 radical (unpaired) electrons. The number of benzene rings is 1. The molecule has 0 spiro atoms. The Hall–Kier alpha value is -0.240. The number of aryl methyl sites for hydroxylation is 1. The monoisotopic (exact) mass is 203 g/mol. The molecule has 0 aliphatic rings. The molecule has 0 bridgehead atoms. The maximum absolute atomic E-state index is 5.96. The van der Waals surface area contributed by atoms with Gasteiger partial charge in [-0.05, 0) is 31.0 Å². The molecule has 0 saturated carbocycles. The van der Waals surface area contributed by atoms with E-state index in [0.29, 0.717) is 16.6 Å². The van der Waals surface area contributed by atoms with Gasteiger partial charge in [0.2, 0.25) is 0 Å². The Morgan fingerprint density at radius 3 is 2.67 bits per heavy atom. The Kier molecular flexibility index (Phi) is 3.86.